The summed E-state index contributed by atoms with van der Waals surface area (Å²) in [7, 11) is 0. The van der Waals surface area contributed by atoms with Gasteiger partial charge in [0, 0.05) is 24.7 Å². The van der Waals surface area contributed by atoms with E-state index in [4.69, 9.17) is 0 Å². The highest BCUT2D eigenvalue weighted by molar-refractivity contribution is 5.93. The SMILES string of the molecule is FC1(F)CCCCC1.NC(=O)C1(F)CC1.O=C(NCc1cn2ncc(C[C@H]3CC(C(F)(F)F)NC3=O)cc2n1)c1nonc1C1CC1. The van der Waals surface area contributed by atoms with Gasteiger partial charge in [0.05, 0.1) is 24.6 Å². The van der Waals surface area contributed by atoms with Crippen molar-refractivity contribution in [3.63, 3.8) is 0 Å². The second-order valence-corrected chi connectivity index (χ2v) is 12.3. The Morgan fingerprint density at radius 1 is 1.09 bits per heavy atom. The number of carbonyl (C=O) groups excluding carboxylic acids is 3. The van der Waals surface area contributed by atoms with E-state index in [9.17, 15) is 40.7 Å². The number of nitrogens with one attached hydrogen (secondary N) is 2. The average molecular weight is 673 g/mol. The molecule has 4 N–H and O–H groups in total. The Morgan fingerprint density at radius 3 is 2.32 bits per heavy atom. The third-order valence-corrected chi connectivity index (χ3v) is 8.35. The molecule has 0 radical (unpaired) electrons. The minimum Gasteiger partial charge on any atom is -0.367 e. The molecular formula is C29H34F6N8O4. The van der Waals surface area contributed by atoms with Crippen molar-refractivity contribution in [2.24, 2.45) is 11.7 Å². The number of nitrogens with zero attached hydrogens (tertiary/aromatic N) is 5. The maximum Gasteiger partial charge on any atom is 0.408 e. The molecule has 1 aliphatic heterocycles. The lowest BCUT2D eigenvalue weighted by atomic mass is 9.97. The highest BCUT2D eigenvalue weighted by Crippen LogP contribution is 2.40. The highest BCUT2D eigenvalue weighted by Gasteiger charge is 2.49. The van der Waals surface area contributed by atoms with Crippen molar-refractivity contribution in [2.75, 3.05) is 0 Å². The molecule has 12 nitrogen and oxygen atoms in total. The molecule has 3 amide bonds. The molecule has 3 aliphatic carbocycles. The first kappa shape index (κ1) is 34.1. The summed E-state index contributed by atoms with van der Waals surface area (Å²) in [6.45, 7) is 0.118. The fourth-order valence-corrected chi connectivity index (χ4v) is 5.24. The molecule has 4 aliphatic rings. The van der Waals surface area contributed by atoms with E-state index in [-0.39, 0.29) is 43.8 Å². The van der Waals surface area contributed by atoms with Crippen molar-refractivity contribution >= 4 is 23.4 Å². The predicted molar refractivity (Wildman–Crippen MR) is 151 cm³/mol. The number of primary amides is 1. The lowest BCUT2D eigenvalue weighted by Gasteiger charge is -2.20. The number of fused-ring (bicyclic) bond motifs is 1. The van der Waals surface area contributed by atoms with Gasteiger partial charge in [0.2, 0.25) is 11.8 Å². The Balaban J connectivity index is 0.000000236. The Kier molecular flexibility index (Phi) is 9.77. The van der Waals surface area contributed by atoms with Crippen LogP contribution < -0.4 is 16.4 Å². The van der Waals surface area contributed by atoms with Crippen LogP contribution in [0.5, 0.6) is 0 Å². The summed E-state index contributed by atoms with van der Waals surface area (Å²) in [6, 6.07) is -0.155. The minimum absolute atomic E-state index is 0.118. The third kappa shape index (κ3) is 8.97. The number of hydrogen-bond donors (Lipinski definition) is 3. The summed E-state index contributed by atoms with van der Waals surface area (Å²) in [4.78, 5) is 38.6. The Morgan fingerprint density at radius 2 is 1.79 bits per heavy atom. The van der Waals surface area contributed by atoms with Gasteiger partial charge in [0.1, 0.15) is 11.7 Å². The molecule has 4 heterocycles. The molecule has 4 fully saturated rings. The largest absolute Gasteiger partial charge is 0.408 e. The van der Waals surface area contributed by atoms with E-state index in [0.29, 0.717) is 48.3 Å². The van der Waals surface area contributed by atoms with Gasteiger partial charge in [0.25, 0.3) is 11.8 Å². The molecule has 2 atom stereocenters. The monoisotopic (exact) mass is 672 g/mol. The van der Waals surface area contributed by atoms with E-state index < -0.39 is 47.4 Å². The van der Waals surface area contributed by atoms with Gasteiger partial charge in [0.15, 0.2) is 17.0 Å². The van der Waals surface area contributed by atoms with Crippen molar-refractivity contribution < 1.29 is 45.4 Å². The molecule has 3 aromatic rings. The van der Waals surface area contributed by atoms with Crippen LogP contribution in [0, 0.1) is 5.92 Å². The Labute approximate surface area is 264 Å². The molecule has 0 bridgehead atoms. The summed E-state index contributed by atoms with van der Waals surface area (Å²) < 4.78 is 81.3. The van der Waals surface area contributed by atoms with Crippen LogP contribution in [-0.4, -0.2) is 66.4 Å². The van der Waals surface area contributed by atoms with E-state index in [0.717, 1.165) is 19.3 Å². The summed E-state index contributed by atoms with van der Waals surface area (Å²) in [5.74, 6) is -4.73. The number of rotatable bonds is 7. The first-order valence-corrected chi connectivity index (χ1v) is 15.3. The van der Waals surface area contributed by atoms with Crippen LogP contribution in [0.15, 0.2) is 23.1 Å². The second-order valence-electron chi connectivity index (χ2n) is 12.3. The van der Waals surface area contributed by atoms with Gasteiger partial charge in [-0.15, -0.1) is 0 Å². The van der Waals surface area contributed by atoms with Crippen LogP contribution >= 0.6 is 0 Å². The molecular weight excluding hydrogens is 638 g/mol. The molecule has 7 rings (SSSR count). The minimum atomic E-state index is -4.46. The molecule has 3 saturated carbocycles. The summed E-state index contributed by atoms with van der Waals surface area (Å²) in [5.41, 5.74) is 5.33. The van der Waals surface area contributed by atoms with Gasteiger partial charge < -0.3 is 16.4 Å². The fourth-order valence-electron chi connectivity index (χ4n) is 5.24. The van der Waals surface area contributed by atoms with Crippen molar-refractivity contribution in [3.05, 3.63) is 41.1 Å². The van der Waals surface area contributed by atoms with Crippen LogP contribution in [0.1, 0.15) is 97.6 Å². The number of carbonyl (C=O) groups is 3. The zero-order valence-corrected chi connectivity index (χ0v) is 25.2. The normalized spacial score (nSPS) is 22.7. The molecule has 3 aromatic heterocycles. The first-order valence-electron chi connectivity index (χ1n) is 15.3. The van der Waals surface area contributed by atoms with Crippen LogP contribution in [0.4, 0.5) is 26.3 Å². The van der Waals surface area contributed by atoms with Gasteiger partial charge in [-0.1, -0.05) is 11.6 Å². The molecule has 1 unspecified atom stereocenters. The maximum atomic E-state index is 12.9. The van der Waals surface area contributed by atoms with Crippen molar-refractivity contribution in [1.29, 1.82) is 0 Å². The van der Waals surface area contributed by atoms with Crippen LogP contribution in [0.2, 0.25) is 0 Å². The second kappa shape index (κ2) is 13.5. The number of alkyl halides is 6. The lowest BCUT2D eigenvalue weighted by Crippen LogP contribution is -2.38. The zero-order chi connectivity index (χ0) is 34.0. The van der Waals surface area contributed by atoms with Gasteiger partial charge in [-0.05, 0) is 68.2 Å². The number of aromatic nitrogens is 5. The fraction of sp³-hybridized carbons (Fsp3) is 0.621. The Hall–Kier alpha value is -4.25. The summed E-state index contributed by atoms with van der Waals surface area (Å²) >= 11 is 0. The van der Waals surface area contributed by atoms with E-state index in [1.165, 1.54) is 10.7 Å². The molecule has 0 aromatic carbocycles. The smallest absolute Gasteiger partial charge is 0.367 e. The van der Waals surface area contributed by atoms with Crippen LogP contribution in [0.25, 0.3) is 5.65 Å². The highest BCUT2D eigenvalue weighted by atomic mass is 19.4. The van der Waals surface area contributed by atoms with Crippen molar-refractivity contribution in [3.8, 4) is 0 Å². The van der Waals surface area contributed by atoms with E-state index in [1.54, 1.807) is 12.3 Å². The number of amides is 3. The van der Waals surface area contributed by atoms with E-state index in [2.05, 4.69) is 36.1 Å². The quantitative estimate of drug-likeness (QED) is 0.315. The maximum absolute atomic E-state index is 12.9. The van der Waals surface area contributed by atoms with Crippen LogP contribution in [0.3, 0.4) is 0 Å². The molecule has 1 saturated heterocycles. The zero-order valence-electron chi connectivity index (χ0n) is 25.2. The number of hydrogen-bond acceptors (Lipinski definition) is 8. The summed E-state index contributed by atoms with van der Waals surface area (Å²) in [6.07, 6.45) is 3.70. The number of halogens is 6. The van der Waals surface area contributed by atoms with Gasteiger partial charge in [-0.25, -0.2) is 27.3 Å². The Bertz CT molecular complexity index is 1590. The summed E-state index contributed by atoms with van der Waals surface area (Å²) in [5, 5.41) is 16.4. The molecule has 256 valence electrons. The topological polar surface area (TPSA) is 170 Å². The molecule has 47 heavy (non-hydrogen) atoms. The molecule has 0 spiro atoms. The van der Waals surface area contributed by atoms with Gasteiger partial charge >= 0.3 is 6.18 Å². The van der Waals surface area contributed by atoms with Crippen molar-refractivity contribution in [2.45, 2.75) is 107 Å². The first-order chi connectivity index (χ1) is 22.1. The van der Waals surface area contributed by atoms with Crippen molar-refractivity contribution in [1.82, 2.24) is 35.5 Å². The van der Waals surface area contributed by atoms with Gasteiger partial charge in [-0.3, -0.25) is 14.4 Å². The number of nitrogens with two attached hydrogens (primary N) is 1. The third-order valence-electron chi connectivity index (χ3n) is 8.35. The van der Waals surface area contributed by atoms with E-state index in [1.807, 2.05) is 5.32 Å². The standard InChI is InChI=1S/C19H18F3N7O3.C6H10F2.C4H6FNO/c20-19(21,22)13-5-11(17(30)26-13)3-9-4-14-25-12(8-29(14)24-6-9)7-23-18(31)16-15(10-1-2-10)27-32-28-16;7-6(8)4-2-1-3-5-6;5-4(1-2-4)3(6)7/h4,6,8,10-11,13H,1-3,5,7H2,(H,23,31)(H,26,30);1-5H2;1-2H2,(H2,6,7)/t11-,13?;;/m0../s1. The van der Waals surface area contributed by atoms with Crippen LogP contribution in [-0.2, 0) is 22.6 Å². The average Bonchev–Trinajstić information content (AvgIpc) is 3.84. The lowest BCUT2D eigenvalue weighted by molar-refractivity contribution is -0.154. The van der Waals surface area contributed by atoms with E-state index >= 15 is 0 Å². The predicted octanol–water partition coefficient (Wildman–Crippen LogP) is 4.09. The van der Waals surface area contributed by atoms with Gasteiger partial charge in [-0.2, -0.15) is 18.3 Å². The molecule has 18 heteroatoms. The number of imidazole rings is 1.